The average molecular weight is 1380 g/mol. The minimum Gasteiger partial charge on any atom is -0.545 e. The SMILES string of the molecule is CC/C=C\C/C=C\C/C=C\C/C=C\C/C=C\C/C=C\C/C=C\CCCCCCCCCCCCCCCCCCCCCC(=O)OC(COC(=O)CCCCCCCCCCCCCCCCCCCCCC/C=C\C/C=C\C/C=C\C/C=C\CC)COC(OCC[N+](C)(C)C)C(=O)[O-]. The molecule has 0 aliphatic heterocycles. The van der Waals surface area contributed by atoms with Gasteiger partial charge in [0.2, 0.25) is 0 Å². The highest BCUT2D eigenvalue weighted by atomic mass is 16.7. The Hall–Kier alpha value is -4.57. The van der Waals surface area contributed by atoms with Gasteiger partial charge in [0.05, 0.1) is 40.3 Å². The summed E-state index contributed by atoms with van der Waals surface area (Å²) in [7, 11) is 5.94. The van der Waals surface area contributed by atoms with Gasteiger partial charge < -0.3 is 33.3 Å². The molecule has 0 saturated heterocycles. The van der Waals surface area contributed by atoms with Gasteiger partial charge in [-0.3, -0.25) is 9.59 Å². The summed E-state index contributed by atoms with van der Waals surface area (Å²) in [5.41, 5.74) is 0. The molecule has 9 heteroatoms. The summed E-state index contributed by atoms with van der Waals surface area (Å²) in [5, 5.41) is 11.9. The maximum Gasteiger partial charge on any atom is 0.306 e. The van der Waals surface area contributed by atoms with Crippen LogP contribution in [-0.4, -0.2) is 82.3 Å². The second kappa shape index (κ2) is 79.1. The van der Waals surface area contributed by atoms with Crippen molar-refractivity contribution in [2.75, 3.05) is 47.5 Å². The number of aliphatic carboxylic acids is 1. The molecule has 0 aromatic carbocycles. The lowest BCUT2D eigenvalue weighted by Gasteiger charge is -2.26. The summed E-state index contributed by atoms with van der Waals surface area (Å²) < 4.78 is 22.9. The van der Waals surface area contributed by atoms with Gasteiger partial charge in [0, 0.05) is 12.8 Å². The van der Waals surface area contributed by atoms with Gasteiger partial charge in [0.15, 0.2) is 12.4 Å². The van der Waals surface area contributed by atoms with Crippen molar-refractivity contribution in [1.29, 1.82) is 0 Å². The number of hydrogen-bond acceptors (Lipinski definition) is 8. The highest BCUT2D eigenvalue weighted by molar-refractivity contribution is 5.70. The van der Waals surface area contributed by atoms with E-state index in [4.69, 9.17) is 18.9 Å². The van der Waals surface area contributed by atoms with Crippen LogP contribution in [0.1, 0.15) is 361 Å². The van der Waals surface area contributed by atoms with E-state index in [0.717, 1.165) is 103 Å². The molecule has 0 N–H and O–H groups in total. The number of quaternary nitrogens is 1. The Bertz CT molecular complexity index is 2100. The van der Waals surface area contributed by atoms with Crippen LogP contribution in [0.2, 0.25) is 0 Å². The second-order valence-corrected chi connectivity index (χ2v) is 28.7. The predicted octanol–water partition coefficient (Wildman–Crippen LogP) is 25.5. The molecule has 0 radical (unpaired) electrons. The number of allylic oxidation sites excluding steroid dienone is 22. The average Bonchev–Trinajstić information content (AvgIpc) is 2.62. The van der Waals surface area contributed by atoms with E-state index in [0.29, 0.717) is 23.9 Å². The molecule has 0 aliphatic rings. The fourth-order valence-corrected chi connectivity index (χ4v) is 11.7. The van der Waals surface area contributed by atoms with Gasteiger partial charge in [-0.2, -0.15) is 0 Å². The van der Waals surface area contributed by atoms with Gasteiger partial charge in [0.25, 0.3) is 0 Å². The number of carbonyl (C=O) groups excluding carboxylic acids is 3. The second-order valence-electron chi connectivity index (χ2n) is 28.7. The lowest BCUT2D eigenvalue weighted by atomic mass is 10.0. The number of ether oxygens (including phenoxy) is 4. The molecule has 0 heterocycles. The van der Waals surface area contributed by atoms with Crippen molar-refractivity contribution in [3.8, 4) is 0 Å². The Labute approximate surface area is 611 Å². The third kappa shape index (κ3) is 80.6. The summed E-state index contributed by atoms with van der Waals surface area (Å²) >= 11 is 0. The maximum atomic E-state index is 13.0. The highest BCUT2D eigenvalue weighted by Gasteiger charge is 2.22. The Morgan fingerprint density at radius 1 is 0.303 bits per heavy atom. The first-order valence-corrected chi connectivity index (χ1v) is 41.3. The maximum absolute atomic E-state index is 13.0. The molecule has 568 valence electrons. The normalized spacial score (nSPS) is 13.3. The van der Waals surface area contributed by atoms with Gasteiger partial charge in [-0.05, 0) is 109 Å². The number of likely N-dealkylation sites (N-methyl/N-ethyl adjacent to an activating group) is 1. The number of esters is 2. The quantitative estimate of drug-likeness (QED) is 0.0195. The molecular formula is C90H155NO8. The zero-order chi connectivity index (χ0) is 71.8. The number of carboxylic acids is 1. The van der Waals surface area contributed by atoms with E-state index < -0.39 is 24.3 Å². The lowest BCUT2D eigenvalue weighted by Crippen LogP contribution is -2.44. The molecule has 2 unspecified atom stereocenters. The van der Waals surface area contributed by atoms with Crippen molar-refractivity contribution in [2.24, 2.45) is 0 Å². The predicted molar refractivity (Wildman–Crippen MR) is 426 cm³/mol. The fourth-order valence-electron chi connectivity index (χ4n) is 11.7. The minimum atomic E-state index is -1.63. The van der Waals surface area contributed by atoms with E-state index in [1.807, 2.05) is 21.1 Å². The third-order valence-corrected chi connectivity index (χ3v) is 17.9. The van der Waals surface area contributed by atoms with Crippen LogP contribution >= 0.6 is 0 Å². The van der Waals surface area contributed by atoms with E-state index in [-0.39, 0.29) is 32.2 Å². The Kier molecular flexibility index (Phi) is 75.5. The van der Waals surface area contributed by atoms with Crippen LogP contribution in [0.25, 0.3) is 0 Å². The van der Waals surface area contributed by atoms with Gasteiger partial charge >= 0.3 is 11.9 Å². The first-order chi connectivity index (χ1) is 48.6. The first-order valence-electron chi connectivity index (χ1n) is 41.3. The highest BCUT2D eigenvalue weighted by Crippen LogP contribution is 2.19. The van der Waals surface area contributed by atoms with Crippen molar-refractivity contribution in [1.82, 2.24) is 0 Å². The molecule has 99 heavy (non-hydrogen) atoms. The van der Waals surface area contributed by atoms with Crippen molar-refractivity contribution in [2.45, 2.75) is 373 Å². The number of carbonyl (C=O) groups is 3. The molecule has 0 saturated carbocycles. The van der Waals surface area contributed by atoms with E-state index in [1.165, 1.54) is 225 Å². The summed E-state index contributed by atoms with van der Waals surface area (Å²) in [6.45, 7) is 4.56. The third-order valence-electron chi connectivity index (χ3n) is 17.9. The monoisotopic (exact) mass is 1380 g/mol. The topological polar surface area (TPSA) is 111 Å². The molecule has 0 aliphatic carbocycles. The number of unbranched alkanes of at least 4 members (excludes halogenated alkanes) is 39. The summed E-state index contributed by atoms with van der Waals surface area (Å²) in [6, 6.07) is 0. The standard InChI is InChI=1S/C90H155NO8/c1-6-8-10-12-14-16-18-20-22-24-26-28-30-32-34-36-38-40-41-42-43-44-45-46-47-49-51-53-55-57-59-61-63-65-67-69-71-73-75-77-79-81-88(93)99-86(85-98-90(89(94)95)96-83-82-91(3,4)5)84-97-87(92)80-78-76-74-72-70-68-66-64-62-60-58-56-54-52-50-48-39-37-35-33-31-29-27-25-23-21-19-17-15-13-11-9-7-2/h8-11,14-17,20-23,26-29,32,34,38,40,42-43,86,90H,6-7,12-13,18-19,24-25,30-31,33,35-37,39,41,44-85H2,1-5H3/b10-8-,11-9-,16-14-,17-15-,22-20-,23-21-,28-26-,29-27-,34-32-,40-38-,43-42-. The number of nitrogens with zero attached hydrogens (tertiary/aromatic N) is 1. The fraction of sp³-hybridized carbons (Fsp3) is 0.722. The molecule has 0 aromatic rings. The summed E-state index contributed by atoms with van der Waals surface area (Å²) in [5.74, 6) is -2.26. The molecule has 0 bridgehead atoms. The Morgan fingerprint density at radius 2 is 0.545 bits per heavy atom. The van der Waals surface area contributed by atoms with Crippen molar-refractivity contribution >= 4 is 17.9 Å². The van der Waals surface area contributed by atoms with Crippen LogP contribution in [0.5, 0.6) is 0 Å². The molecule has 2 atom stereocenters. The van der Waals surface area contributed by atoms with Gasteiger partial charge in [-0.15, -0.1) is 0 Å². The van der Waals surface area contributed by atoms with Crippen molar-refractivity contribution in [3.05, 3.63) is 134 Å². The van der Waals surface area contributed by atoms with Crippen LogP contribution in [0, 0.1) is 0 Å². The van der Waals surface area contributed by atoms with Crippen molar-refractivity contribution < 1.29 is 42.9 Å². The van der Waals surface area contributed by atoms with Gasteiger partial charge in [-0.25, -0.2) is 0 Å². The van der Waals surface area contributed by atoms with Crippen LogP contribution < -0.4 is 5.11 Å². The molecule has 0 aromatic heterocycles. The number of carboxylic acid groups (broad SMARTS) is 1. The lowest BCUT2D eigenvalue weighted by molar-refractivity contribution is -0.870. The first kappa shape index (κ1) is 94.4. The molecule has 9 nitrogen and oxygen atoms in total. The number of rotatable bonds is 76. The molecule has 0 amide bonds. The molecule has 0 fully saturated rings. The van der Waals surface area contributed by atoms with Crippen LogP contribution in [0.15, 0.2) is 134 Å². The van der Waals surface area contributed by atoms with Crippen molar-refractivity contribution in [3.63, 3.8) is 0 Å². The van der Waals surface area contributed by atoms with Crippen LogP contribution in [-0.2, 0) is 33.3 Å². The molecule has 0 spiro atoms. The van der Waals surface area contributed by atoms with Gasteiger partial charge in [0.1, 0.15) is 13.2 Å². The smallest absolute Gasteiger partial charge is 0.306 e. The summed E-state index contributed by atoms with van der Waals surface area (Å²) in [4.78, 5) is 37.6. The van der Waals surface area contributed by atoms with E-state index in [9.17, 15) is 19.5 Å². The van der Waals surface area contributed by atoms with E-state index in [2.05, 4.69) is 148 Å². The van der Waals surface area contributed by atoms with Gasteiger partial charge in [-0.1, -0.05) is 372 Å². The van der Waals surface area contributed by atoms with E-state index in [1.54, 1.807) is 0 Å². The zero-order valence-corrected chi connectivity index (χ0v) is 65.1. The summed E-state index contributed by atoms with van der Waals surface area (Å²) in [6.07, 6.45) is 112. The minimum absolute atomic E-state index is 0.146. The number of hydrogen-bond donors (Lipinski definition) is 0. The van der Waals surface area contributed by atoms with Crippen LogP contribution in [0.4, 0.5) is 0 Å². The Balaban J connectivity index is 3.99. The van der Waals surface area contributed by atoms with E-state index >= 15 is 0 Å². The molecule has 0 rings (SSSR count). The largest absolute Gasteiger partial charge is 0.545 e. The van der Waals surface area contributed by atoms with Crippen LogP contribution in [0.3, 0.4) is 0 Å². The molecular weight excluding hydrogens is 1220 g/mol. The Morgan fingerprint density at radius 3 is 0.808 bits per heavy atom. The zero-order valence-electron chi connectivity index (χ0n) is 65.1.